The van der Waals surface area contributed by atoms with Crippen LogP contribution in [0.4, 0.5) is 4.39 Å². The van der Waals surface area contributed by atoms with Crippen molar-refractivity contribution in [3.05, 3.63) is 54.3 Å². The summed E-state index contributed by atoms with van der Waals surface area (Å²) in [6.07, 6.45) is 2.59. The van der Waals surface area contributed by atoms with Crippen LogP contribution in [0.15, 0.2) is 58.6 Å². The summed E-state index contributed by atoms with van der Waals surface area (Å²) < 4.78 is 49.5. The highest BCUT2D eigenvalue weighted by molar-refractivity contribution is 7.90. The van der Waals surface area contributed by atoms with Gasteiger partial charge in [-0.05, 0) is 48.5 Å². The second-order valence-electron chi connectivity index (χ2n) is 5.36. The second-order valence-corrected chi connectivity index (χ2v) is 8.65. The van der Waals surface area contributed by atoms with Crippen molar-refractivity contribution in [1.29, 1.82) is 0 Å². The van der Waals surface area contributed by atoms with Gasteiger partial charge in [0.25, 0.3) is 0 Å². The lowest BCUT2D eigenvalue weighted by atomic mass is 10.2. The minimum Gasteiger partial charge on any atom is -0.251 e. The van der Waals surface area contributed by atoms with Gasteiger partial charge in [-0.25, -0.2) is 17.5 Å². The van der Waals surface area contributed by atoms with Gasteiger partial charge in [-0.1, -0.05) is 0 Å². The maximum absolute atomic E-state index is 13.2. The molecular weight excluding hydrogens is 365 g/mol. The van der Waals surface area contributed by atoms with Gasteiger partial charge in [-0.2, -0.15) is 4.98 Å². The fraction of sp³-hybridized carbons (Fsp3) is 0.125. The molecule has 25 heavy (non-hydrogen) atoms. The molecule has 3 aromatic rings. The Morgan fingerprint density at radius 3 is 2.16 bits per heavy atom. The number of hydrogen-bond acceptors (Lipinski definition) is 5. The SMILES string of the molecule is CS(=O)c1nc(-c2ccc(S(C)(=O)=O)cc2)n(-c2ccc(F)cc2)n1. The van der Waals surface area contributed by atoms with Crippen LogP contribution in [0.3, 0.4) is 0 Å². The summed E-state index contributed by atoms with van der Waals surface area (Å²) in [6, 6.07) is 11.8. The summed E-state index contributed by atoms with van der Waals surface area (Å²) >= 11 is 0. The van der Waals surface area contributed by atoms with E-state index in [1.807, 2.05) is 0 Å². The molecule has 0 fully saturated rings. The normalized spacial score (nSPS) is 12.9. The summed E-state index contributed by atoms with van der Waals surface area (Å²) in [5.74, 6) is -0.000860. The highest BCUT2D eigenvalue weighted by Crippen LogP contribution is 2.23. The Bertz CT molecular complexity index is 1040. The van der Waals surface area contributed by atoms with Gasteiger partial charge in [0.05, 0.1) is 21.4 Å². The summed E-state index contributed by atoms with van der Waals surface area (Å²) in [5.41, 5.74) is 1.15. The van der Waals surface area contributed by atoms with E-state index in [2.05, 4.69) is 10.1 Å². The summed E-state index contributed by atoms with van der Waals surface area (Å²) in [7, 11) is -4.71. The van der Waals surface area contributed by atoms with E-state index in [4.69, 9.17) is 0 Å². The van der Waals surface area contributed by atoms with E-state index in [9.17, 15) is 17.0 Å². The van der Waals surface area contributed by atoms with Crippen molar-refractivity contribution in [3.8, 4) is 17.1 Å². The molecule has 1 heterocycles. The molecule has 0 aliphatic rings. The van der Waals surface area contributed by atoms with E-state index in [0.717, 1.165) is 6.26 Å². The monoisotopic (exact) mass is 379 g/mol. The molecule has 6 nitrogen and oxygen atoms in total. The minimum atomic E-state index is -3.31. The Hall–Kier alpha value is -2.39. The van der Waals surface area contributed by atoms with Crippen molar-refractivity contribution in [2.45, 2.75) is 10.1 Å². The van der Waals surface area contributed by atoms with Crippen molar-refractivity contribution < 1.29 is 17.0 Å². The highest BCUT2D eigenvalue weighted by Gasteiger charge is 2.16. The maximum atomic E-state index is 13.2. The first-order valence-electron chi connectivity index (χ1n) is 7.12. The van der Waals surface area contributed by atoms with Crippen LogP contribution in [0.2, 0.25) is 0 Å². The van der Waals surface area contributed by atoms with Crippen molar-refractivity contribution in [1.82, 2.24) is 14.8 Å². The van der Waals surface area contributed by atoms with E-state index in [-0.39, 0.29) is 15.9 Å². The fourth-order valence-corrected chi connectivity index (χ4v) is 3.26. The average molecular weight is 379 g/mol. The fourth-order valence-electron chi connectivity index (χ4n) is 2.22. The molecule has 3 rings (SSSR count). The number of benzene rings is 2. The number of aromatic nitrogens is 3. The van der Waals surface area contributed by atoms with Crippen LogP contribution in [-0.2, 0) is 20.6 Å². The summed E-state index contributed by atoms with van der Waals surface area (Å²) in [5, 5.41) is 4.35. The van der Waals surface area contributed by atoms with Crippen molar-refractivity contribution in [2.75, 3.05) is 12.5 Å². The van der Waals surface area contributed by atoms with Crippen LogP contribution in [0.1, 0.15) is 0 Å². The van der Waals surface area contributed by atoms with Crippen LogP contribution in [-0.4, -0.2) is 39.9 Å². The van der Waals surface area contributed by atoms with Crippen LogP contribution >= 0.6 is 0 Å². The quantitative estimate of drug-likeness (QED) is 0.694. The average Bonchev–Trinajstić information content (AvgIpc) is 3.00. The van der Waals surface area contributed by atoms with Crippen molar-refractivity contribution in [2.24, 2.45) is 0 Å². The van der Waals surface area contributed by atoms with E-state index in [1.165, 1.54) is 47.3 Å². The molecule has 0 saturated heterocycles. The molecule has 0 aliphatic carbocycles. The molecule has 1 aromatic heterocycles. The third kappa shape index (κ3) is 3.67. The van der Waals surface area contributed by atoms with Gasteiger partial charge in [0, 0.05) is 18.1 Å². The molecule has 0 aliphatic heterocycles. The lowest BCUT2D eigenvalue weighted by molar-refractivity contribution is 0.602. The standard InChI is InChI=1S/C16H14FN3O3S2/c1-24(21)16-18-15(11-3-9-14(10-4-11)25(2,22)23)20(19-16)13-7-5-12(17)6-8-13/h3-10H,1-2H3. The number of halogens is 1. The van der Waals surface area contributed by atoms with Gasteiger partial charge in [0.15, 0.2) is 15.7 Å². The van der Waals surface area contributed by atoms with Crippen LogP contribution in [0.5, 0.6) is 0 Å². The molecule has 0 spiro atoms. The number of nitrogens with zero attached hydrogens (tertiary/aromatic N) is 3. The summed E-state index contributed by atoms with van der Waals surface area (Å²) in [4.78, 5) is 4.46. The lowest BCUT2D eigenvalue weighted by Gasteiger charge is -2.06. The van der Waals surface area contributed by atoms with Gasteiger partial charge in [0.1, 0.15) is 5.82 Å². The van der Waals surface area contributed by atoms with Crippen LogP contribution < -0.4 is 0 Å². The molecule has 0 saturated carbocycles. The summed E-state index contributed by atoms with van der Waals surface area (Å²) in [6.45, 7) is 0. The van der Waals surface area contributed by atoms with Gasteiger partial charge in [0.2, 0.25) is 5.16 Å². The number of rotatable bonds is 4. The predicted octanol–water partition coefficient (Wildman–Crippen LogP) is 2.21. The lowest BCUT2D eigenvalue weighted by Crippen LogP contribution is -2.01. The maximum Gasteiger partial charge on any atom is 0.239 e. The van der Waals surface area contributed by atoms with Crippen LogP contribution in [0, 0.1) is 5.82 Å². The zero-order valence-electron chi connectivity index (χ0n) is 13.4. The molecular formula is C16H14FN3O3S2. The first kappa shape index (κ1) is 17.4. The van der Waals surface area contributed by atoms with Gasteiger partial charge in [-0.3, -0.25) is 4.21 Å². The minimum absolute atomic E-state index is 0.131. The Labute approximate surface area is 146 Å². The third-order valence-electron chi connectivity index (χ3n) is 3.46. The van der Waals surface area contributed by atoms with Crippen molar-refractivity contribution >= 4 is 20.6 Å². The predicted molar refractivity (Wildman–Crippen MR) is 92.2 cm³/mol. The third-order valence-corrected chi connectivity index (χ3v) is 5.27. The van der Waals surface area contributed by atoms with Gasteiger partial charge >= 0.3 is 0 Å². The number of sulfone groups is 1. The van der Waals surface area contributed by atoms with E-state index in [0.29, 0.717) is 17.1 Å². The van der Waals surface area contributed by atoms with E-state index in [1.54, 1.807) is 12.1 Å². The molecule has 2 aromatic carbocycles. The Kier molecular flexibility index (Phi) is 4.53. The molecule has 0 bridgehead atoms. The van der Waals surface area contributed by atoms with Gasteiger partial charge < -0.3 is 0 Å². The van der Waals surface area contributed by atoms with Crippen LogP contribution in [0.25, 0.3) is 17.1 Å². The van der Waals surface area contributed by atoms with Crippen molar-refractivity contribution in [3.63, 3.8) is 0 Å². The first-order valence-corrected chi connectivity index (χ1v) is 10.6. The zero-order chi connectivity index (χ0) is 18.2. The molecule has 0 amide bonds. The molecule has 0 N–H and O–H groups in total. The molecule has 130 valence electrons. The largest absolute Gasteiger partial charge is 0.251 e. The Morgan fingerprint density at radius 2 is 1.64 bits per heavy atom. The highest BCUT2D eigenvalue weighted by atomic mass is 32.2. The molecule has 9 heteroatoms. The first-order chi connectivity index (χ1) is 11.8. The van der Waals surface area contributed by atoms with E-state index < -0.39 is 20.6 Å². The molecule has 1 unspecified atom stereocenters. The second kappa shape index (κ2) is 6.49. The van der Waals surface area contributed by atoms with Gasteiger partial charge in [-0.15, -0.1) is 5.10 Å². The molecule has 0 radical (unpaired) electrons. The van der Waals surface area contributed by atoms with E-state index >= 15 is 0 Å². The zero-order valence-corrected chi connectivity index (χ0v) is 15.0. The smallest absolute Gasteiger partial charge is 0.239 e. The molecule has 1 atom stereocenters. The topological polar surface area (TPSA) is 81.9 Å². The Balaban J connectivity index is 2.14. The Morgan fingerprint density at radius 1 is 1.04 bits per heavy atom. The number of hydrogen-bond donors (Lipinski definition) is 0.